The van der Waals surface area contributed by atoms with Crippen LogP contribution in [0.3, 0.4) is 0 Å². The highest BCUT2D eigenvalue weighted by Gasteiger charge is 2.13. The first-order valence-electron chi connectivity index (χ1n) is 7.88. The highest BCUT2D eigenvalue weighted by atomic mass is 79.9. The van der Waals surface area contributed by atoms with Crippen LogP contribution in [0.2, 0.25) is 0 Å². The smallest absolute Gasteiger partial charge is 0.258 e. The van der Waals surface area contributed by atoms with Gasteiger partial charge in [-0.05, 0) is 53.0 Å². The van der Waals surface area contributed by atoms with Crippen LogP contribution in [0.1, 0.15) is 36.0 Å². The van der Waals surface area contributed by atoms with Crippen LogP contribution in [-0.4, -0.2) is 29.2 Å². The van der Waals surface area contributed by atoms with Crippen molar-refractivity contribution in [3.63, 3.8) is 0 Å². The predicted molar refractivity (Wildman–Crippen MR) is 94.8 cm³/mol. The predicted octanol–water partition coefficient (Wildman–Crippen LogP) is 3.87. The third kappa shape index (κ3) is 4.07. The second kappa shape index (κ2) is 7.55. The molecule has 1 N–H and O–H groups in total. The first-order valence-corrected chi connectivity index (χ1v) is 8.68. The Labute approximate surface area is 144 Å². The van der Waals surface area contributed by atoms with Crippen LogP contribution in [0.15, 0.2) is 40.9 Å². The molecule has 0 atom stereocenters. The van der Waals surface area contributed by atoms with Gasteiger partial charge in [-0.1, -0.05) is 25.0 Å². The van der Waals surface area contributed by atoms with Crippen LogP contribution in [0.4, 0.5) is 11.6 Å². The fourth-order valence-corrected chi connectivity index (χ4v) is 3.15. The van der Waals surface area contributed by atoms with E-state index in [-0.39, 0.29) is 5.91 Å². The van der Waals surface area contributed by atoms with Crippen molar-refractivity contribution >= 4 is 33.5 Å². The molecule has 1 aromatic carbocycles. The lowest BCUT2D eigenvalue weighted by molar-refractivity contribution is 0.102. The minimum Gasteiger partial charge on any atom is -0.355 e. The van der Waals surface area contributed by atoms with Gasteiger partial charge in [0.05, 0.1) is 5.56 Å². The second-order valence-corrected chi connectivity index (χ2v) is 6.47. The Kier molecular flexibility index (Phi) is 5.23. The van der Waals surface area contributed by atoms with Crippen LogP contribution in [0.25, 0.3) is 0 Å². The van der Waals surface area contributed by atoms with E-state index in [0.717, 1.165) is 23.4 Å². The van der Waals surface area contributed by atoms with Gasteiger partial charge in [0.1, 0.15) is 0 Å². The van der Waals surface area contributed by atoms with Gasteiger partial charge in [-0.15, -0.1) is 10.2 Å². The maximum atomic E-state index is 12.2. The van der Waals surface area contributed by atoms with Gasteiger partial charge < -0.3 is 10.2 Å². The van der Waals surface area contributed by atoms with Crippen LogP contribution in [0.5, 0.6) is 0 Å². The molecule has 120 valence electrons. The second-order valence-electron chi connectivity index (χ2n) is 5.61. The molecule has 0 unspecified atom stereocenters. The summed E-state index contributed by atoms with van der Waals surface area (Å²) in [5.74, 6) is 1.14. The lowest BCUT2D eigenvalue weighted by atomic mass is 10.2. The zero-order chi connectivity index (χ0) is 16.1. The summed E-state index contributed by atoms with van der Waals surface area (Å²) in [6.45, 7) is 2.05. The standard InChI is InChI=1S/C17H19BrN4O/c18-14-8-4-3-7-13(14)17(23)19-15-9-10-16(21-20-15)22-11-5-1-2-6-12-22/h3-4,7-10H,1-2,5-6,11-12H2,(H,19,20,23). The van der Waals surface area contributed by atoms with Gasteiger partial charge in [0.25, 0.3) is 5.91 Å². The van der Waals surface area contributed by atoms with E-state index < -0.39 is 0 Å². The average Bonchev–Trinajstić information content (AvgIpc) is 2.85. The van der Waals surface area contributed by atoms with Gasteiger partial charge in [0.15, 0.2) is 11.6 Å². The summed E-state index contributed by atoms with van der Waals surface area (Å²) in [5, 5.41) is 11.2. The summed E-state index contributed by atoms with van der Waals surface area (Å²) in [7, 11) is 0. The average molecular weight is 375 g/mol. The van der Waals surface area contributed by atoms with Crippen molar-refractivity contribution in [2.24, 2.45) is 0 Å². The molecule has 1 aliphatic rings. The van der Waals surface area contributed by atoms with E-state index in [2.05, 4.69) is 36.3 Å². The van der Waals surface area contributed by atoms with E-state index >= 15 is 0 Å². The number of carbonyl (C=O) groups is 1. The van der Waals surface area contributed by atoms with Crippen LogP contribution in [-0.2, 0) is 0 Å². The zero-order valence-corrected chi connectivity index (χ0v) is 14.4. The number of aromatic nitrogens is 2. The summed E-state index contributed by atoms with van der Waals surface area (Å²) in [6, 6.07) is 11.0. The molecule has 1 fully saturated rings. The van der Waals surface area contributed by atoms with Gasteiger partial charge in [-0.25, -0.2) is 0 Å². The lowest BCUT2D eigenvalue weighted by Gasteiger charge is -2.20. The molecule has 0 spiro atoms. The maximum Gasteiger partial charge on any atom is 0.258 e. The summed E-state index contributed by atoms with van der Waals surface area (Å²) in [6.07, 6.45) is 4.96. The number of rotatable bonds is 3. The Bertz CT molecular complexity index is 667. The van der Waals surface area contributed by atoms with Crippen LogP contribution < -0.4 is 10.2 Å². The molecule has 0 bridgehead atoms. The molecule has 0 radical (unpaired) electrons. The van der Waals surface area contributed by atoms with E-state index in [9.17, 15) is 4.79 Å². The molecule has 2 aromatic rings. The number of nitrogens with one attached hydrogen (secondary N) is 1. The minimum atomic E-state index is -0.200. The van der Waals surface area contributed by atoms with Crippen molar-refractivity contribution in [3.05, 3.63) is 46.4 Å². The van der Waals surface area contributed by atoms with Crippen molar-refractivity contribution in [3.8, 4) is 0 Å². The van der Waals surface area contributed by atoms with Gasteiger partial charge in [-0.2, -0.15) is 0 Å². The fraction of sp³-hybridized carbons (Fsp3) is 0.353. The molecule has 0 aliphatic carbocycles. The number of hydrogen-bond donors (Lipinski definition) is 1. The van der Waals surface area contributed by atoms with Gasteiger partial charge in [-0.3, -0.25) is 4.79 Å². The number of amides is 1. The third-order valence-electron chi connectivity index (χ3n) is 3.94. The lowest BCUT2D eigenvalue weighted by Crippen LogP contribution is -2.25. The Morgan fingerprint density at radius 1 is 1.00 bits per heavy atom. The molecule has 1 saturated heterocycles. The van der Waals surface area contributed by atoms with E-state index in [0.29, 0.717) is 11.4 Å². The number of carbonyl (C=O) groups excluding carboxylic acids is 1. The number of nitrogens with zero attached hydrogens (tertiary/aromatic N) is 3. The van der Waals surface area contributed by atoms with E-state index in [1.807, 2.05) is 30.3 Å². The normalized spacial score (nSPS) is 15.1. The summed E-state index contributed by atoms with van der Waals surface area (Å²) in [4.78, 5) is 14.5. The highest BCUT2D eigenvalue weighted by molar-refractivity contribution is 9.10. The minimum absolute atomic E-state index is 0.200. The van der Waals surface area contributed by atoms with Crippen molar-refractivity contribution < 1.29 is 4.79 Å². The zero-order valence-electron chi connectivity index (χ0n) is 12.8. The van der Waals surface area contributed by atoms with E-state index in [1.54, 1.807) is 6.07 Å². The first kappa shape index (κ1) is 15.9. The largest absolute Gasteiger partial charge is 0.355 e. The molecule has 1 amide bonds. The highest BCUT2D eigenvalue weighted by Crippen LogP contribution is 2.19. The number of halogens is 1. The van der Waals surface area contributed by atoms with Gasteiger partial charge in [0.2, 0.25) is 0 Å². The summed E-state index contributed by atoms with van der Waals surface area (Å²) < 4.78 is 0.756. The molecule has 6 heteroatoms. The first-order chi connectivity index (χ1) is 11.2. The monoisotopic (exact) mass is 374 g/mol. The van der Waals surface area contributed by atoms with Crippen molar-refractivity contribution in [1.82, 2.24) is 10.2 Å². The molecule has 1 aromatic heterocycles. The molecule has 0 saturated carbocycles. The number of hydrogen-bond acceptors (Lipinski definition) is 4. The Hall–Kier alpha value is -1.95. The number of anilines is 2. The molecule has 1 aliphatic heterocycles. The molecule has 23 heavy (non-hydrogen) atoms. The fourth-order valence-electron chi connectivity index (χ4n) is 2.69. The van der Waals surface area contributed by atoms with Gasteiger partial charge >= 0.3 is 0 Å². The Morgan fingerprint density at radius 3 is 2.39 bits per heavy atom. The van der Waals surface area contributed by atoms with Crippen molar-refractivity contribution in [2.45, 2.75) is 25.7 Å². The van der Waals surface area contributed by atoms with Crippen LogP contribution in [0, 0.1) is 0 Å². The Morgan fingerprint density at radius 2 is 1.74 bits per heavy atom. The molecule has 3 rings (SSSR count). The number of benzene rings is 1. The molecule has 2 heterocycles. The summed E-state index contributed by atoms with van der Waals surface area (Å²) in [5.41, 5.74) is 0.575. The van der Waals surface area contributed by atoms with E-state index in [1.165, 1.54) is 25.7 Å². The SMILES string of the molecule is O=C(Nc1ccc(N2CCCCCC2)nn1)c1ccccc1Br. The third-order valence-corrected chi connectivity index (χ3v) is 4.63. The topological polar surface area (TPSA) is 58.1 Å². The van der Waals surface area contributed by atoms with Crippen molar-refractivity contribution in [2.75, 3.05) is 23.3 Å². The maximum absolute atomic E-state index is 12.2. The quantitative estimate of drug-likeness (QED) is 0.885. The molecular formula is C17H19BrN4O. The van der Waals surface area contributed by atoms with Crippen LogP contribution >= 0.6 is 15.9 Å². The van der Waals surface area contributed by atoms with E-state index in [4.69, 9.17) is 0 Å². The summed E-state index contributed by atoms with van der Waals surface area (Å²) >= 11 is 3.38. The molecule has 5 nitrogen and oxygen atoms in total. The molecular weight excluding hydrogens is 356 g/mol. The Balaban J connectivity index is 1.67. The van der Waals surface area contributed by atoms with Crippen molar-refractivity contribution in [1.29, 1.82) is 0 Å². The van der Waals surface area contributed by atoms with Gasteiger partial charge in [0, 0.05) is 17.6 Å².